The molecule has 0 radical (unpaired) electrons. The summed E-state index contributed by atoms with van der Waals surface area (Å²) in [6.07, 6.45) is 5.00. The van der Waals surface area contributed by atoms with Gasteiger partial charge in [-0.05, 0) is 25.2 Å². The third-order valence-corrected chi connectivity index (χ3v) is 3.26. The van der Waals surface area contributed by atoms with Gasteiger partial charge in [-0.25, -0.2) is 0 Å². The zero-order valence-electron chi connectivity index (χ0n) is 10.1. The second-order valence-corrected chi connectivity index (χ2v) is 4.96. The van der Waals surface area contributed by atoms with Crippen molar-refractivity contribution in [3.05, 3.63) is 0 Å². The lowest BCUT2D eigenvalue weighted by Crippen LogP contribution is -2.36. The van der Waals surface area contributed by atoms with Crippen LogP contribution in [0.25, 0.3) is 0 Å². The molecular weight excluding hydrogens is 190 g/mol. The molecule has 1 atom stereocenters. The molecule has 0 saturated heterocycles. The third-order valence-electron chi connectivity index (χ3n) is 3.26. The van der Waals surface area contributed by atoms with E-state index in [2.05, 4.69) is 12.2 Å². The van der Waals surface area contributed by atoms with Crippen LogP contribution in [0, 0.1) is 5.41 Å². The van der Waals surface area contributed by atoms with Crippen LogP contribution in [0.1, 0.15) is 39.5 Å². The number of ether oxygens (including phenoxy) is 1. The van der Waals surface area contributed by atoms with Crippen molar-refractivity contribution in [3.8, 4) is 0 Å². The Morgan fingerprint density at radius 1 is 1.40 bits per heavy atom. The van der Waals surface area contributed by atoms with E-state index in [1.807, 2.05) is 6.92 Å². The van der Waals surface area contributed by atoms with Gasteiger partial charge >= 0.3 is 0 Å². The average Bonchev–Trinajstić information content (AvgIpc) is 2.62. The van der Waals surface area contributed by atoms with Gasteiger partial charge in [0.2, 0.25) is 0 Å². The van der Waals surface area contributed by atoms with Crippen LogP contribution in [-0.2, 0) is 4.74 Å². The predicted octanol–water partition coefficient (Wildman–Crippen LogP) is 1.55. The van der Waals surface area contributed by atoms with Gasteiger partial charge in [0.25, 0.3) is 0 Å². The zero-order valence-corrected chi connectivity index (χ0v) is 10.1. The summed E-state index contributed by atoms with van der Waals surface area (Å²) < 4.78 is 5.15. The molecule has 90 valence electrons. The van der Waals surface area contributed by atoms with Gasteiger partial charge in [-0.3, -0.25) is 0 Å². The highest BCUT2D eigenvalue weighted by atomic mass is 16.5. The fourth-order valence-electron chi connectivity index (χ4n) is 2.26. The molecule has 2 N–H and O–H groups in total. The largest absolute Gasteiger partial charge is 0.389 e. The Bertz CT molecular complexity index is 167. The maximum Gasteiger partial charge on any atom is 0.0897 e. The van der Waals surface area contributed by atoms with Crippen molar-refractivity contribution < 1.29 is 9.84 Å². The minimum absolute atomic E-state index is 0.366. The summed E-state index contributed by atoms with van der Waals surface area (Å²) in [5.41, 5.74) is 0.464. The van der Waals surface area contributed by atoms with Gasteiger partial charge < -0.3 is 15.2 Å². The third kappa shape index (κ3) is 4.96. The van der Waals surface area contributed by atoms with Gasteiger partial charge in [0.1, 0.15) is 0 Å². The van der Waals surface area contributed by atoms with Gasteiger partial charge in [-0.1, -0.05) is 19.8 Å². The van der Waals surface area contributed by atoms with Crippen LogP contribution >= 0.6 is 0 Å². The summed E-state index contributed by atoms with van der Waals surface area (Å²) in [4.78, 5) is 0. The molecule has 1 fully saturated rings. The van der Waals surface area contributed by atoms with E-state index in [0.29, 0.717) is 25.2 Å². The number of aliphatic hydroxyl groups excluding tert-OH is 1. The van der Waals surface area contributed by atoms with E-state index in [1.165, 1.54) is 25.7 Å². The Morgan fingerprint density at radius 2 is 2.07 bits per heavy atom. The Balaban J connectivity index is 2.04. The summed E-state index contributed by atoms with van der Waals surface area (Å²) in [7, 11) is 0. The molecule has 0 amide bonds. The number of rotatable bonds is 7. The fraction of sp³-hybridized carbons (Fsp3) is 1.00. The molecule has 0 aromatic heterocycles. The van der Waals surface area contributed by atoms with E-state index >= 15 is 0 Å². The van der Waals surface area contributed by atoms with Gasteiger partial charge in [-0.2, -0.15) is 0 Å². The number of aliphatic hydroxyl groups is 1. The van der Waals surface area contributed by atoms with Crippen molar-refractivity contribution in [3.63, 3.8) is 0 Å². The van der Waals surface area contributed by atoms with Gasteiger partial charge in [0.15, 0.2) is 0 Å². The summed E-state index contributed by atoms with van der Waals surface area (Å²) in [5.74, 6) is 0. The lowest BCUT2D eigenvalue weighted by molar-refractivity contribution is 0.0415. The van der Waals surface area contributed by atoms with E-state index in [4.69, 9.17) is 4.74 Å². The Hall–Kier alpha value is -0.120. The molecule has 1 aliphatic rings. The normalized spacial score (nSPS) is 21.8. The lowest BCUT2D eigenvalue weighted by Gasteiger charge is -2.24. The topological polar surface area (TPSA) is 41.5 Å². The van der Waals surface area contributed by atoms with Crippen LogP contribution in [-0.4, -0.2) is 37.5 Å². The summed E-state index contributed by atoms with van der Waals surface area (Å²) in [6, 6.07) is 0. The van der Waals surface area contributed by atoms with Crippen LogP contribution in [0.5, 0.6) is 0 Å². The minimum Gasteiger partial charge on any atom is -0.389 e. The smallest absolute Gasteiger partial charge is 0.0897 e. The van der Waals surface area contributed by atoms with Gasteiger partial charge in [-0.15, -0.1) is 0 Å². The van der Waals surface area contributed by atoms with Crippen molar-refractivity contribution >= 4 is 0 Å². The van der Waals surface area contributed by atoms with E-state index in [-0.39, 0.29) is 6.10 Å². The first-order valence-corrected chi connectivity index (χ1v) is 6.13. The van der Waals surface area contributed by atoms with E-state index in [1.54, 1.807) is 0 Å². The first kappa shape index (κ1) is 12.9. The highest BCUT2D eigenvalue weighted by Crippen LogP contribution is 2.36. The monoisotopic (exact) mass is 215 g/mol. The molecule has 0 aromatic rings. The SMILES string of the molecule is CCOCC(O)CNCC1(C)CCCC1. The Labute approximate surface area is 93.2 Å². The van der Waals surface area contributed by atoms with Crippen molar-refractivity contribution in [2.75, 3.05) is 26.3 Å². The molecule has 1 saturated carbocycles. The lowest BCUT2D eigenvalue weighted by atomic mass is 9.89. The van der Waals surface area contributed by atoms with Crippen LogP contribution in [0.15, 0.2) is 0 Å². The molecule has 0 bridgehead atoms. The van der Waals surface area contributed by atoms with Crippen LogP contribution in [0.2, 0.25) is 0 Å². The fourth-order valence-corrected chi connectivity index (χ4v) is 2.26. The minimum atomic E-state index is -0.366. The predicted molar refractivity (Wildman–Crippen MR) is 61.9 cm³/mol. The summed E-state index contributed by atoms with van der Waals surface area (Å²) in [6.45, 7) is 7.07. The van der Waals surface area contributed by atoms with Crippen molar-refractivity contribution in [2.24, 2.45) is 5.41 Å². The maximum atomic E-state index is 9.55. The van der Waals surface area contributed by atoms with E-state index < -0.39 is 0 Å². The van der Waals surface area contributed by atoms with E-state index in [9.17, 15) is 5.11 Å². The first-order chi connectivity index (χ1) is 7.16. The van der Waals surface area contributed by atoms with Gasteiger partial charge in [0.05, 0.1) is 12.7 Å². The molecule has 0 aliphatic heterocycles. The molecule has 0 heterocycles. The Kier molecular flexibility index (Phi) is 5.58. The summed E-state index contributed by atoms with van der Waals surface area (Å²) in [5, 5.41) is 12.9. The molecule has 15 heavy (non-hydrogen) atoms. The molecule has 1 aliphatic carbocycles. The highest BCUT2D eigenvalue weighted by molar-refractivity contribution is 4.82. The van der Waals surface area contributed by atoms with Gasteiger partial charge in [0, 0.05) is 19.7 Å². The second-order valence-electron chi connectivity index (χ2n) is 4.96. The molecular formula is C12H25NO2. The highest BCUT2D eigenvalue weighted by Gasteiger charge is 2.27. The number of hydrogen-bond acceptors (Lipinski definition) is 3. The van der Waals surface area contributed by atoms with Crippen molar-refractivity contribution in [1.82, 2.24) is 5.32 Å². The Morgan fingerprint density at radius 3 is 2.67 bits per heavy atom. The standard InChI is InChI=1S/C12H25NO2/c1-3-15-9-11(14)8-13-10-12(2)6-4-5-7-12/h11,13-14H,3-10H2,1-2H3. The molecule has 0 spiro atoms. The quantitative estimate of drug-likeness (QED) is 0.677. The van der Waals surface area contributed by atoms with Crippen molar-refractivity contribution in [2.45, 2.75) is 45.6 Å². The second kappa shape index (κ2) is 6.46. The van der Waals surface area contributed by atoms with Crippen LogP contribution in [0.3, 0.4) is 0 Å². The number of nitrogens with one attached hydrogen (secondary N) is 1. The van der Waals surface area contributed by atoms with Crippen LogP contribution < -0.4 is 5.32 Å². The molecule has 0 aromatic carbocycles. The first-order valence-electron chi connectivity index (χ1n) is 6.13. The molecule has 1 rings (SSSR count). The van der Waals surface area contributed by atoms with E-state index in [0.717, 1.165) is 6.54 Å². The number of hydrogen-bond donors (Lipinski definition) is 2. The summed E-state index contributed by atoms with van der Waals surface area (Å²) >= 11 is 0. The van der Waals surface area contributed by atoms with Crippen LogP contribution in [0.4, 0.5) is 0 Å². The molecule has 3 heteroatoms. The molecule has 3 nitrogen and oxygen atoms in total. The zero-order chi connectivity index (χ0) is 11.1. The average molecular weight is 215 g/mol. The van der Waals surface area contributed by atoms with Crippen molar-refractivity contribution in [1.29, 1.82) is 0 Å². The molecule has 1 unspecified atom stereocenters. The maximum absolute atomic E-state index is 9.55.